The Morgan fingerprint density at radius 1 is 1.11 bits per heavy atom. The Morgan fingerprint density at radius 3 is 2.34 bits per heavy atom. The zero-order valence-electron chi connectivity index (χ0n) is 19.3. The number of nitrogens with one attached hydrogen (secondary N) is 2. The molecule has 0 spiro atoms. The minimum absolute atomic E-state index is 0.0259. The van der Waals surface area contributed by atoms with Gasteiger partial charge in [-0.2, -0.15) is 5.06 Å². The lowest BCUT2D eigenvalue weighted by atomic mass is 10.1. The molecule has 1 aromatic carbocycles. The van der Waals surface area contributed by atoms with Crippen LogP contribution in [0.3, 0.4) is 0 Å². The molecule has 12 nitrogen and oxygen atoms in total. The molecule has 0 heterocycles. The van der Waals surface area contributed by atoms with Gasteiger partial charge < -0.3 is 25.8 Å². The summed E-state index contributed by atoms with van der Waals surface area (Å²) in [7, 11) is 0. The molecule has 1 aromatic rings. The predicted molar refractivity (Wildman–Crippen MR) is 132 cm³/mol. The van der Waals surface area contributed by atoms with E-state index < -0.39 is 47.6 Å². The van der Waals surface area contributed by atoms with Crippen molar-refractivity contribution < 1.29 is 38.7 Å². The highest BCUT2D eigenvalue weighted by Gasteiger charge is 2.25. The zero-order valence-corrected chi connectivity index (χ0v) is 21.7. The predicted octanol–water partition coefficient (Wildman–Crippen LogP) is 1.33. The summed E-state index contributed by atoms with van der Waals surface area (Å²) < 4.78 is 10.3. The van der Waals surface area contributed by atoms with Crippen LogP contribution in [0.1, 0.15) is 26.7 Å². The highest BCUT2D eigenvalue weighted by atomic mass is 79.9. The summed E-state index contributed by atoms with van der Waals surface area (Å²) in [6.45, 7) is 3.08. The molecule has 5 N–H and O–H groups in total. The molecule has 0 aromatic heterocycles. The molecule has 0 aliphatic rings. The van der Waals surface area contributed by atoms with Gasteiger partial charge in [-0.05, 0) is 44.5 Å². The van der Waals surface area contributed by atoms with Crippen LogP contribution in [0.5, 0.6) is 0 Å². The summed E-state index contributed by atoms with van der Waals surface area (Å²) >= 11 is 3.83. The van der Waals surface area contributed by atoms with Crippen LogP contribution in [-0.2, 0) is 28.7 Å². The van der Waals surface area contributed by atoms with Gasteiger partial charge in [0.2, 0.25) is 11.8 Å². The van der Waals surface area contributed by atoms with Crippen LogP contribution in [0.25, 0.3) is 0 Å². The van der Waals surface area contributed by atoms with E-state index in [4.69, 9.17) is 15.2 Å². The summed E-state index contributed by atoms with van der Waals surface area (Å²) in [6, 6.07) is 4.01. The van der Waals surface area contributed by atoms with Crippen molar-refractivity contribution in [3.8, 4) is 0 Å². The van der Waals surface area contributed by atoms with E-state index in [-0.39, 0.29) is 37.5 Å². The fourth-order valence-electron chi connectivity index (χ4n) is 2.50. The van der Waals surface area contributed by atoms with Gasteiger partial charge in [-0.3, -0.25) is 29.2 Å². The van der Waals surface area contributed by atoms with Crippen molar-refractivity contribution in [2.45, 2.75) is 38.8 Å². The summed E-state index contributed by atoms with van der Waals surface area (Å²) in [5.74, 6) is -2.93. The van der Waals surface area contributed by atoms with Crippen LogP contribution in [-0.4, -0.2) is 71.8 Å². The number of benzene rings is 1. The number of hydrogen-bond donors (Lipinski definition) is 4. The second kappa shape index (κ2) is 16.1. The summed E-state index contributed by atoms with van der Waals surface area (Å²) in [5, 5.41) is 14.5. The third-order valence-electron chi connectivity index (χ3n) is 4.25. The van der Waals surface area contributed by atoms with Gasteiger partial charge in [-0.1, -0.05) is 27.7 Å². The van der Waals surface area contributed by atoms with Crippen molar-refractivity contribution in [3.63, 3.8) is 0 Å². The molecule has 3 amide bonds. The fourth-order valence-corrected chi connectivity index (χ4v) is 3.54. The second-order valence-electron chi connectivity index (χ2n) is 6.91. The Kier molecular flexibility index (Phi) is 13.9. The van der Waals surface area contributed by atoms with Gasteiger partial charge in [0, 0.05) is 16.6 Å². The van der Waals surface area contributed by atoms with Gasteiger partial charge in [0.25, 0.3) is 0 Å². The molecule has 0 aliphatic heterocycles. The maximum absolute atomic E-state index is 12.6. The van der Waals surface area contributed by atoms with E-state index >= 15 is 0 Å². The lowest BCUT2D eigenvalue weighted by molar-refractivity contribution is -0.145. The van der Waals surface area contributed by atoms with Crippen LogP contribution in [0, 0.1) is 0 Å². The van der Waals surface area contributed by atoms with Gasteiger partial charge in [0.1, 0.15) is 18.6 Å². The molecule has 14 heteroatoms. The average molecular weight is 577 g/mol. The average Bonchev–Trinajstić information content (AvgIpc) is 2.83. The molecule has 0 saturated heterocycles. The molecule has 0 fully saturated rings. The van der Waals surface area contributed by atoms with E-state index in [1.54, 1.807) is 26.0 Å². The van der Waals surface area contributed by atoms with E-state index in [2.05, 4.69) is 26.6 Å². The number of halogens is 1. The van der Waals surface area contributed by atoms with E-state index in [0.717, 1.165) is 4.47 Å². The smallest absolute Gasteiger partial charge is 0.325 e. The van der Waals surface area contributed by atoms with Crippen LogP contribution in [0.2, 0.25) is 0 Å². The van der Waals surface area contributed by atoms with Crippen molar-refractivity contribution in [3.05, 3.63) is 28.7 Å². The third kappa shape index (κ3) is 11.5. The lowest BCUT2D eigenvalue weighted by Gasteiger charge is -2.20. The molecule has 0 aliphatic carbocycles. The summed E-state index contributed by atoms with van der Waals surface area (Å²) in [6.07, 6.45) is -0.215. The maximum atomic E-state index is 12.6. The van der Waals surface area contributed by atoms with Crippen molar-refractivity contribution in [1.29, 1.82) is 0 Å². The number of thioether (sulfide) groups is 1. The highest BCUT2D eigenvalue weighted by Crippen LogP contribution is 2.21. The normalized spacial score (nSPS) is 12.1. The van der Waals surface area contributed by atoms with E-state index in [1.165, 1.54) is 12.1 Å². The Balaban J connectivity index is 2.76. The number of nitrogens with zero attached hydrogens (tertiary/aromatic N) is 1. The first-order chi connectivity index (χ1) is 16.6. The SMILES string of the molecule is CCOC(=O)CNC(=O)[C@H](CSC(=O)N(O)c1ccc(Br)cc1)NC(=O)CC[C@@H](N)C(=O)OCC. The fraction of sp³-hybridized carbons (Fsp3) is 0.476. The Morgan fingerprint density at radius 2 is 1.74 bits per heavy atom. The minimum atomic E-state index is -1.23. The van der Waals surface area contributed by atoms with Gasteiger partial charge >= 0.3 is 17.2 Å². The Bertz CT molecular complexity index is 887. The molecule has 2 atom stereocenters. The first-order valence-electron chi connectivity index (χ1n) is 10.6. The molecule has 0 radical (unpaired) electrons. The van der Waals surface area contributed by atoms with E-state index in [9.17, 15) is 29.2 Å². The largest absolute Gasteiger partial charge is 0.465 e. The van der Waals surface area contributed by atoms with Crippen molar-refractivity contribution in [2.24, 2.45) is 5.73 Å². The Hall–Kier alpha value is -2.68. The number of nitrogens with two attached hydrogens (primary N) is 1. The second-order valence-corrected chi connectivity index (χ2v) is 8.79. The number of carbonyl (C=O) groups is 5. The summed E-state index contributed by atoms with van der Waals surface area (Å²) in [4.78, 5) is 60.5. The number of hydrogen-bond acceptors (Lipinski definition) is 10. The summed E-state index contributed by atoms with van der Waals surface area (Å²) in [5.41, 5.74) is 5.88. The van der Waals surface area contributed by atoms with Gasteiger partial charge in [0.05, 0.1) is 18.9 Å². The number of amides is 3. The Labute approximate surface area is 215 Å². The van der Waals surface area contributed by atoms with Crippen molar-refractivity contribution >= 4 is 62.4 Å². The topological polar surface area (TPSA) is 177 Å². The third-order valence-corrected chi connectivity index (χ3v) is 5.70. The zero-order chi connectivity index (χ0) is 26.4. The molecule has 35 heavy (non-hydrogen) atoms. The van der Waals surface area contributed by atoms with Gasteiger partial charge in [-0.25, -0.2) is 0 Å². The highest BCUT2D eigenvalue weighted by molar-refractivity contribution is 9.10. The van der Waals surface area contributed by atoms with Gasteiger partial charge in [0.15, 0.2) is 0 Å². The van der Waals surface area contributed by atoms with Crippen LogP contribution >= 0.6 is 27.7 Å². The molecule has 1 rings (SSSR count). The minimum Gasteiger partial charge on any atom is -0.465 e. The standard InChI is InChI=1S/C21H29BrN4O8S/c1-3-33-18(28)11-24-19(29)16(25-17(27)10-9-15(23)20(30)34-4-2)12-35-21(31)26(32)14-7-5-13(22)6-8-14/h5-8,15-16,32H,3-4,9-12,23H2,1-2H3,(H,24,29)(H,25,27)/t15-,16+/m1/s1. The molecule has 194 valence electrons. The molecular formula is C21H29BrN4O8S. The van der Waals surface area contributed by atoms with Gasteiger partial charge in [-0.15, -0.1) is 0 Å². The van der Waals surface area contributed by atoms with E-state index in [0.29, 0.717) is 16.8 Å². The van der Waals surface area contributed by atoms with Crippen LogP contribution in [0.4, 0.5) is 10.5 Å². The maximum Gasteiger partial charge on any atom is 0.325 e. The first kappa shape index (κ1) is 30.4. The number of anilines is 1. The number of carbonyl (C=O) groups excluding carboxylic acids is 5. The molecule has 0 saturated carbocycles. The van der Waals surface area contributed by atoms with Crippen molar-refractivity contribution in [2.75, 3.05) is 30.6 Å². The van der Waals surface area contributed by atoms with Crippen molar-refractivity contribution in [1.82, 2.24) is 10.6 Å². The van der Waals surface area contributed by atoms with Crippen LogP contribution < -0.4 is 21.4 Å². The molecule has 0 bridgehead atoms. The number of ether oxygens (including phenoxy) is 2. The first-order valence-corrected chi connectivity index (χ1v) is 12.4. The number of hydroxylamine groups is 1. The quantitative estimate of drug-likeness (QED) is 0.152. The van der Waals surface area contributed by atoms with Crippen LogP contribution in [0.15, 0.2) is 28.7 Å². The molecule has 0 unspecified atom stereocenters. The monoisotopic (exact) mass is 576 g/mol. The molecular weight excluding hydrogens is 548 g/mol. The number of rotatable bonds is 13. The lowest BCUT2D eigenvalue weighted by Crippen LogP contribution is -2.50. The van der Waals surface area contributed by atoms with E-state index in [1.807, 2.05) is 0 Å². The number of esters is 2.